The molecule has 0 aliphatic rings. The summed E-state index contributed by atoms with van der Waals surface area (Å²) in [6.07, 6.45) is -0.784. The third-order valence-electron chi connectivity index (χ3n) is 2.38. The van der Waals surface area contributed by atoms with Crippen LogP contribution >= 0.6 is 0 Å². The van der Waals surface area contributed by atoms with Gasteiger partial charge in [-0.05, 0) is 12.1 Å². The van der Waals surface area contributed by atoms with Crippen LogP contribution in [0, 0.1) is 11.6 Å². The van der Waals surface area contributed by atoms with Gasteiger partial charge in [-0.15, -0.1) is 0 Å². The van der Waals surface area contributed by atoms with Gasteiger partial charge >= 0.3 is 11.9 Å². The molecular formula is C11H11F2NO6S. The van der Waals surface area contributed by atoms with Gasteiger partial charge in [-0.3, -0.25) is 9.59 Å². The van der Waals surface area contributed by atoms with Gasteiger partial charge in [-0.2, -0.15) is 4.72 Å². The normalized spacial score (nSPS) is 12.7. The van der Waals surface area contributed by atoms with Crippen LogP contribution in [-0.4, -0.2) is 38.6 Å². The van der Waals surface area contributed by atoms with Crippen molar-refractivity contribution in [2.45, 2.75) is 17.4 Å². The highest BCUT2D eigenvalue weighted by Gasteiger charge is 2.29. The van der Waals surface area contributed by atoms with Gasteiger partial charge in [-0.25, -0.2) is 17.2 Å². The number of benzene rings is 1. The van der Waals surface area contributed by atoms with Crippen LogP contribution in [0.4, 0.5) is 8.78 Å². The van der Waals surface area contributed by atoms with Gasteiger partial charge in [0.2, 0.25) is 10.0 Å². The number of hydrogen-bond acceptors (Lipinski definition) is 5. The Balaban J connectivity index is 3.06. The Kier molecular flexibility index (Phi) is 5.33. The number of nitrogens with one attached hydrogen (secondary N) is 1. The van der Waals surface area contributed by atoms with E-state index in [2.05, 4.69) is 4.74 Å². The molecule has 0 radical (unpaired) electrons. The third-order valence-corrected chi connectivity index (χ3v) is 3.88. The number of rotatable bonds is 6. The molecule has 0 spiro atoms. The second kappa shape index (κ2) is 6.59. The topological polar surface area (TPSA) is 110 Å². The molecular weight excluding hydrogens is 312 g/mol. The van der Waals surface area contributed by atoms with Gasteiger partial charge in [-0.1, -0.05) is 0 Å². The standard InChI is InChI=1S/C11H11F2NO6S/c1-20-10(15)5-8(11(16)17)14-21(18,19)9-3-2-6(12)4-7(9)13/h2-4,8,14H,5H2,1H3,(H,16,17)/t8-/m0/s1. The van der Waals surface area contributed by atoms with Crippen LogP contribution < -0.4 is 4.72 Å². The van der Waals surface area contributed by atoms with Crippen molar-refractivity contribution in [1.29, 1.82) is 0 Å². The Morgan fingerprint density at radius 3 is 2.48 bits per heavy atom. The number of halogens is 2. The van der Waals surface area contributed by atoms with Crippen LogP contribution in [0.5, 0.6) is 0 Å². The summed E-state index contributed by atoms with van der Waals surface area (Å²) in [6.45, 7) is 0. The molecule has 21 heavy (non-hydrogen) atoms. The molecule has 0 aromatic heterocycles. The van der Waals surface area contributed by atoms with E-state index in [1.807, 2.05) is 0 Å². The van der Waals surface area contributed by atoms with Crippen molar-refractivity contribution in [3.8, 4) is 0 Å². The zero-order valence-corrected chi connectivity index (χ0v) is 11.5. The Morgan fingerprint density at radius 1 is 1.38 bits per heavy atom. The summed E-state index contributed by atoms with van der Waals surface area (Å²) < 4.78 is 55.8. The lowest BCUT2D eigenvalue weighted by Crippen LogP contribution is -2.42. The van der Waals surface area contributed by atoms with E-state index in [0.717, 1.165) is 7.11 Å². The molecule has 0 saturated carbocycles. The van der Waals surface area contributed by atoms with E-state index in [1.54, 1.807) is 4.72 Å². The van der Waals surface area contributed by atoms with Crippen molar-refractivity contribution < 1.29 is 36.6 Å². The Hall–Kier alpha value is -2.07. The lowest BCUT2D eigenvalue weighted by Gasteiger charge is -2.14. The van der Waals surface area contributed by atoms with Crippen LogP contribution in [0.25, 0.3) is 0 Å². The van der Waals surface area contributed by atoms with Crippen molar-refractivity contribution in [3.63, 3.8) is 0 Å². The summed E-state index contributed by atoms with van der Waals surface area (Å²) in [5.41, 5.74) is 0. The minimum absolute atomic E-state index is 0.338. The van der Waals surface area contributed by atoms with Crippen LogP contribution in [-0.2, 0) is 24.3 Å². The largest absolute Gasteiger partial charge is 0.480 e. The fraction of sp³-hybridized carbons (Fsp3) is 0.273. The van der Waals surface area contributed by atoms with Crippen molar-refractivity contribution in [2.24, 2.45) is 0 Å². The molecule has 0 amide bonds. The van der Waals surface area contributed by atoms with Gasteiger partial charge in [0, 0.05) is 6.07 Å². The number of carboxylic acid groups (broad SMARTS) is 1. The summed E-state index contributed by atoms with van der Waals surface area (Å²) in [5, 5.41) is 8.85. The average molecular weight is 323 g/mol. The molecule has 0 aliphatic carbocycles. The van der Waals surface area contributed by atoms with E-state index >= 15 is 0 Å². The Labute approximate surface area is 118 Å². The first kappa shape index (κ1) is 17.0. The summed E-state index contributed by atoms with van der Waals surface area (Å²) in [5.74, 6) is -4.99. The molecule has 7 nitrogen and oxygen atoms in total. The van der Waals surface area contributed by atoms with E-state index in [1.165, 1.54) is 0 Å². The lowest BCUT2D eigenvalue weighted by atomic mass is 10.2. The number of hydrogen-bond donors (Lipinski definition) is 2. The number of carboxylic acids is 1. The number of methoxy groups -OCH3 is 1. The smallest absolute Gasteiger partial charge is 0.322 e. The predicted octanol–water partition coefficient (Wildman–Crippen LogP) is 0.259. The molecule has 1 rings (SSSR count). The summed E-state index contributed by atoms with van der Waals surface area (Å²) in [7, 11) is -3.59. The van der Waals surface area contributed by atoms with Gasteiger partial charge in [0.15, 0.2) is 0 Å². The highest BCUT2D eigenvalue weighted by Crippen LogP contribution is 2.16. The number of carbonyl (C=O) groups excluding carboxylic acids is 1. The molecule has 0 unspecified atom stereocenters. The van der Waals surface area contributed by atoms with E-state index in [0.29, 0.717) is 18.2 Å². The molecule has 1 atom stereocenters. The number of aliphatic carboxylic acids is 1. The van der Waals surface area contributed by atoms with Crippen molar-refractivity contribution in [2.75, 3.05) is 7.11 Å². The highest BCUT2D eigenvalue weighted by atomic mass is 32.2. The van der Waals surface area contributed by atoms with Gasteiger partial charge < -0.3 is 9.84 Å². The Bertz CT molecular complexity index is 661. The van der Waals surface area contributed by atoms with Crippen LogP contribution in [0.1, 0.15) is 6.42 Å². The maximum absolute atomic E-state index is 13.4. The molecule has 116 valence electrons. The van der Waals surface area contributed by atoms with E-state index in [-0.39, 0.29) is 0 Å². The first-order valence-corrected chi connectivity index (χ1v) is 6.92. The molecule has 0 saturated heterocycles. The minimum atomic E-state index is -4.59. The van der Waals surface area contributed by atoms with E-state index in [4.69, 9.17) is 5.11 Å². The highest BCUT2D eigenvalue weighted by molar-refractivity contribution is 7.89. The molecule has 0 aliphatic heterocycles. The molecule has 10 heteroatoms. The zero-order chi connectivity index (χ0) is 16.2. The first-order chi connectivity index (χ1) is 9.67. The second-order valence-corrected chi connectivity index (χ2v) is 5.55. The lowest BCUT2D eigenvalue weighted by molar-refractivity contribution is -0.147. The van der Waals surface area contributed by atoms with E-state index in [9.17, 15) is 26.8 Å². The van der Waals surface area contributed by atoms with Gasteiger partial charge in [0.05, 0.1) is 13.5 Å². The number of carbonyl (C=O) groups is 2. The summed E-state index contributed by atoms with van der Waals surface area (Å²) >= 11 is 0. The average Bonchev–Trinajstić information content (AvgIpc) is 2.36. The van der Waals surface area contributed by atoms with Gasteiger partial charge in [0.1, 0.15) is 22.6 Å². The fourth-order valence-corrected chi connectivity index (χ4v) is 2.62. The van der Waals surface area contributed by atoms with E-state index < -0.39 is 51.0 Å². The van der Waals surface area contributed by atoms with Crippen molar-refractivity contribution >= 4 is 22.0 Å². The molecule has 0 heterocycles. The molecule has 0 bridgehead atoms. The molecule has 2 N–H and O–H groups in total. The Morgan fingerprint density at radius 2 is 2.00 bits per heavy atom. The third kappa shape index (κ3) is 4.46. The molecule has 1 aromatic carbocycles. The second-order valence-electron chi connectivity index (χ2n) is 3.87. The maximum Gasteiger partial charge on any atom is 0.322 e. The number of sulfonamides is 1. The maximum atomic E-state index is 13.4. The first-order valence-electron chi connectivity index (χ1n) is 5.44. The minimum Gasteiger partial charge on any atom is -0.480 e. The van der Waals surface area contributed by atoms with Crippen molar-refractivity contribution in [1.82, 2.24) is 4.72 Å². The van der Waals surface area contributed by atoms with Gasteiger partial charge in [0.25, 0.3) is 0 Å². The SMILES string of the molecule is COC(=O)C[C@H](NS(=O)(=O)c1ccc(F)cc1F)C(=O)O. The summed E-state index contributed by atoms with van der Waals surface area (Å²) in [6, 6.07) is -0.158. The van der Waals surface area contributed by atoms with Crippen molar-refractivity contribution in [3.05, 3.63) is 29.8 Å². The summed E-state index contributed by atoms with van der Waals surface area (Å²) in [4.78, 5) is 21.0. The van der Waals surface area contributed by atoms with Crippen LogP contribution in [0.15, 0.2) is 23.1 Å². The zero-order valence-electron chi connectivity index (χ0n) is 10.7. The molecule has 1 aromatic rings. The van der Waals surface area contributed by atoms with Crippen LogP contribution in [0.2, 0.25) is 0 Å². The number of esters is 1. The fourth-order valence-electron chi connectivity index (χ4n) is 1.37. The predicted molar refractivity (Wildman–Crippen MR) is 64.7 cm³/mol. The van der Waals surface area contributed by atoms with Crippen LogP contribution in [0.3, 0.4) is 0 Å². The molecule has 0 fully saturated rings. The number of ether oxygens (including phenoxy) is 1. The quantitative estimate of drug-likeness (QED) is 0.727. The monoisotopic (exact) mass is 323 g/mol.